The highest BCUT2D eigenvalue weighted by atomic mass is 31.2. The fourth-order valence-electron chi connectivity index (χ4n) is 11.2. The van der Waals surface area contributed by atoms with Crippen LogP contribution in [-0.4, -0.2) is 74.9 Å². The summed E-state index contributed by atoms with van der Waals surface area (Å²) in [6.45, 7) is 4.36. The van der Waals surface area contributed by atoms with E-state index in [9.17, 15) is 19.0 Å². The highest BCUT2D eigenvalue weighted by Gasteiger charge is 2.27. The number of esters is 2. The molecule has 9 nitrogen and oxygen atoms in total. The van der Waals surface area contributed by atoms with Crippen molar-refractivity contribution in [3.05, 3.63) is 122 Å². The number of allylic oxidation sites excluding steroid dienone is 20. The molecule has 0 aromatic heterocycles. The normalized spacial score (nSPS) is 13.7. The average molecular weight is 1350 g/mol. The third-order valence-electron chi connectivity index (χ3n) is 17.3. The molecule has 2 atom stereocenters. The molecule has 0 aliphatic rings. The molecule has 0 saturated heterocycles. The highest BCUT2D eigenvalue weighted by molar-refractivity contribution is 7.47. The monoisotopic (exact) mass is 1350 g/mol. The van der Waals surface area contributed by atoms with Gasteiger partial charge in [-0.1, -0.05) is 373 Å². The van der Waals surface area contributed by atoms with E-state index in [2.05, 4.69) is 135 Å². The Morgan fingerprint density at radius 2 is 0.600 bits per heavy atom. The van der Waals surface area contributed by atoms with Crippen molar-refractivity contribution in [2.75, 3.05) is 47.5 Å². The van der Waals surface area contributed by atoms with Gasteiger partial charge in [-0.05, 0) is 89.9 Å². The first-order valence-electron chi connectivity index (χ1n) is 39.8. The smallest absolute Gasteiger partial charge is 0.462 e. The van der Waals surface area contributed by atoms with Crippen LogP contribution in [0.2, 0.25) is 0 Å². The largest absolute Gasteiger partial charge is 0.472 e. The molecule has 1 N–H and O–H groups in total. The van der Waals surface area contributed by atoms with Crippen LogP contribution in [0.1, 0.15) is 354 Å². The van der Waals surface area contributed by atoms with Crippen LogP contribution in [0.15, 0.2) is 122 Å². The van der Waals surface area contributed by atoms with Crippen LogP contribution in [0, 0.1) is 0 Å². The van der Waals surface area contributed by atoms with Crippen LogP contribution < -0.4 is 0 Å². The van der Waals surface area contributed by atoms with E-state index < -0.39 is 26.5 Å². The Hall–Kier alpha value is -3.59. The first-order chi connectivity index (χ1) is 46.5. The number of carbonyl (C=O) groups excluding carboxylic acids is 2. The van der Waals surface area contributed by atoms with Gasteiger partial charge < -0.3 is 18.9 Å². The minimum Gasteiger partial charge on any atom is -0.462 e. The summed E-state index contributed by atoms with van der Waals surface area (Å²) in [5.41, 5.74) is 0. The minimum absolute atomic E-state index is 0.0279. The Labute approximate surface area is 588 Å². The minimum atomic E-state index is -4.40. The summed E-state index contributed by atoms with van der Waals surface area (Å²) in [4.78, 5) is 36.0. The van der Waals surface area contributed by atoms with E-state index in [-0.39, 0.29) is 32.0 Å². The second-order valence-corrected chi connectivity index (χ2v) is 29.2. The standard InChI is InChI=1S/C85H150NO8P/c1-6-8-10-12-14-16-18-20-22-24-26-28-30-32-34-36-38-39-40-41-42-43-44-45-46-47-48-50-52-54-56-58-60-62-64-66-68-70-72-74-76-78-85(88)94-83(82-93-95(89,90)92-80-79-86(3,4)5)81-91-84(87)77-75-73-71-69-67-65-63-61-59-57-55-53-51-49-37-35-33-31-29-27-25-23-21-19-17-15-13-11-9-7-2/h8,10,14,16,20,22,26,28,32,34,38-39,41-42,44-45,47-48,52,54,83H,6-7,9,11-13,15,17-19,21,23-25,27,29-31,33,35-37,40,43,46,49-51,53,55-82H2,1-5H3/p+1/b10-8-,16-14-,22-20-,28-26-,34-32-,39-38-,42-41-,45-44-,48-47-,54-52-. The zero-order valence-corrected chi connectivity index (χ0v) is 63.5. The summed E-state index contributed by atoms with van der Waals surface area (Å²) in [5, 5.41) is 0. The lowest BCUT2D eigenvalue weighted by Crippen LogP contribution is -2.37. The average Bonchev–Trinajstić information content (AvgIpc) is 1.81. The molecule has 2 unspecified atom stereocenters. The summed E-state index contributed by atoms with van der Waals surface area (Å²) in [7, 11) is 1.48. The van der Waals surface area contributed by atoms with E-state index in [4.69, 9.17) is 18.5 Å². The number of hydrogen-bond acceptors (Lipinski definition) is 7. The number of phosphoric acid groups is 1. The number of ether oxygens (including phenoxy) is 2. The van der Waals surface area contributed by atoms with Crippen molar-refractivity contribution in [3.63, 3.8) is 0 Å². The van der Waals surface area contributed by atoms with Gasteiger partial charge in [-0.3, -0.25) is 18.6 Å². The van der Waals surface area contributed by atoms with E-state index >= 15 is 0 Å². The SMILES string of the molecule is CC/C=C\C/C=C\C/C=C\C/C=C\C/C=C\C/C=C\C/C=C\C/C=C\C/C=C\C/C=C\CCCCCCCCCCCCC(=O)OC(COC(=O)CCCCCCCCCCCCCCCCCCCCCCCCCCCCCCCC)COP(=O)(O)OCC[N+](C)(C)C. The Kier molecular flexibility index (Phi) is 71.8. The number of likely N-dealkylation sites (N-methyl/N-ethyl adjacent to an activating group) is 1. The molecule has 0 fully saturated rings. The lowest BCUT2D eigenvalue weighted by atomic mass is 10.0. The fourth-order valence-corrected chi connectivity index (χ4v) is 12.0. The molecule has 548 valence electrons. The number of carbonyl (C=O) groups is 2. The van der Waals surface area contributed by atoms with Gasteiger partial charge in [-0.2, -0.15) is 0 Å². The summed E-state index contributed by atoms with van der Waals surface area (Å²) in [6, 6.07) is 0. The summed E-state index contributed by atoms with van der Waals surface area (Å²) >= 11 is 0. The van der Waals surface area contributed by atoms with Gasteiger partial charge >= 0.3 is 19.8 Å². The molecule has 0 heterocycles. The maximum absolute atomic E-state index is 12.9. The van der Waals surface area contributed by atoms with Crippen molar-refractivity contribution in [3.8, 4) is 0 Å². The predicted molar refractivity (Wildman–Crippen MR) is 413 cm³/mol. The number of quaternary nitrogens is 1. The van der Waals surface area contributed by atoms with Crippen LogP contribution in [-0.2, 0) is 32.7 Å². The van der Waals surface area contributed by atoms with E-state index in [1.54, 1.807) is 0 Å². The molecule has 0 saturated carbocycles. The third kappa shape index (κ3) is 79.3. The topological polar surface area (TPSA) is 108 Å². The highest BCUT2D eigenvalue weighted by Crippen LogP contribution is 2.43. The van der Waals surface area contributed by atoms with Gasteiger partial charge in [0.15, 0.2) is 6.10 Å². The maximum atomic E-state index is 12.9. The van der Waals surface area contributed by atoms with Gasteiger partial charge in [0.1, 0.15) is 19.8 Å². The fraction of sp³-hybridized carbons (Fsp3) is 0.741. The van der Waals surface area contributed by atoms with Crippen molar-refractivity contribution in [2.45, 2.75) is 360 Å². The van der Waals surface area contributed by atoms with E-state index in [0.717, 1.165) is 109 Å². The van der Waals surface area contributed by atoms with Crippen LogP contribution >= 0.6 is 7.82 Å². The molecule has 0 spiro atoms. The second-order valence-electron chi connectivity index (χ2n) is 27.7. The van der Waals surface area contributed by atoms with Crippen molar-refractivity contribution in [1.82, 2.24) is 0 Å². The van der Waals surface area contributed by atoms with Crippen LogP contribution in [0.25, 0.3) is 0 Å². The van der Waals surface area contributed by atoms with Crippen LogP contribution in [0.3, 0.4) is 0 Å². The van der Waals surface area contributed by atoms with Crippen molar-refractivity contribution in [2.24, 2.45) is 0 Å². The van der Waals surface area contributed by atoms with Gasteiger partial charge in [0.2, 0.25) is 0 Å². The zero-order valence-electron chi connectivity index (χ0n) is 62.6. The molecule has 0 rings (SSSR count). The van der Waals surface area contributed by atoms with Crippen molar-refractivity contribution >= 4 is 19.8 Å². The Morgan fingerprint density at radius 1 is 0.337 bits per heavy atom. The lowest BCUT2D eigenvalue weighted by molar-refractivity contribution is -0.870. The number of unbranched alkanes of at least 4 members (excludes halogenated alkanes) is 39. The Balaban J connectivity index is 4.02. The summed E-state index contributed by atoms with van der Waals surface area (Å²) in [5.74, 6) is -0.792. The maximum Gasteiger partial charge on any atom is 0.472 e. The molecule has 0 aromatic rings. The molecule has 0 bridgehead atoms. The van der Waals surface area contributed by atoms with E-state index in [1.165, 1.54) is 212 Å². The summed E-state index contributed by atoms with van der Waals surface area (Å²) < 4.78 is 34.8. The van der Waals surface area contributed by atoms with Crippen molar-refractivity contribution < 1.29 is 42.1 Å². The lowest BCUT2D eigenvalue weighted by Gasteiger charge is -2.24. The number of phosphoric ester groups is 1. The predicted octanol–water partition coefficient (Wildman–Crippen LogP) is 26.6. The third-order valence-corrected chi connectivity index (χ3v) is 18.2. The van der Waals surface area contributed by atoms with Gasteiger partial charge in [0, 0.05) is 12.8 Å². The van der Waals surface area contributed by atoms with Gasteiger partial charge in [-0.15, -0.1) is 0 Å². The first kappa shape index (κ1) is 91.4. The molecule has 0 aromatic carbocycles. The molecule has 0 aliphatic heterocycles. The van der Waals surface area contributed by atoms with E-state index in [0.29, 0.717) is 17.4 Å². The van der Waals surface area contributed by atoms with Gasteiger partial charge in [0.25, 0.3) is 0 Å². The van der Waals surface area contributed by atoms with Gasteiger partial charge in [0.05, 0.1) is 27.7 Å². The molecular weight excluding hydrogens is 1190 g/mol. The second kappa shape index (κ2) is 74.6. The Bertz CT molecular complexity index is 2020. The molecular formula is C85H151NO8P+. The van der Waals surface area contributed by atoms with Crippen LogP contribution in [0.4, 0.5) is 0 Å². The molecule has 95 heavy (non-hydrogen) atoms. The molecule has 0 amide bonds. The van der Waals surface area contributed by atoms with Gasteiger partial charge in [-0.25, -0.2) is 4.57 Å². The Morgan fingerprint density at radius 3 is 0.895 bits per heavy atom. The first-order valence-corrected chi connectivity index (χ1v) is 41.3. The number of hydrogen-bond donors (Lipinski definition) is 1. The number of rotatable bonds is 73. The molecule has 10 heteroatoms. The van der Waals surface area contributed by atoms with E-state index in [1.807, 2.05) is 21.1 Å². The van der Waals surface area contributed by atoms with Crippen LogP contribution in [0.5, 0.6) is 0 Å². The molecule has 0 aliphatic carbocycles. The summed E-state index contributed by atoms with van der Waals surface area (Å²) in [6.07, 6.45) is 108. The number of nitrogens with zero attached hydrogens (tertiary/aromatic N) is 1. The zero-order chi connectivity index (χ0) is 69.0. The molecule has 0 radical (unpaired) electrons. The van der Waals surface area contributed by atoms with Crippen molar-refractivity contribution in [1.29, 1.82) is 0 Å². The quantitative estimate of drug-likeness (QED) is 0.0211.